The minimum Gasteiger partial charge on any atom is -0.476 e. The number of carbonyl (C=O) groups is 1. The number of hydrogen-bond acceptors (Lipinski definition) is 4. The van der Waals surface area contributed by atoms with Crippen molar-refractivity contribution >= 4 is 23.4 Å². The van der Waals surface area contributed by atoms with Gasteiger partial charge in [0.2, 0.25) is 0 Å². The first-order chi connectivity index (χ1) is 8.49. The minimum atomic E-state index is -1.31. The predicted octanol–water partition coefficient (Wildman–Crippen LogP) is 2.22. The molecule has 18 heavy (non-hydrogen) atoms. The van der Waals surface area contributed by atoms with Crippen molar-refractivity contribution in [1.82, 2.24) is 9.97 Å². The van der Waals surface area contributed by atoms with Crippen LogP contribution in [0.5, 0.6) is 0 Å². The Hall–Kier alpha value is -2.21. The smallest absolute Gasteiger partial charge is 0.356 e. The first kappa shape index (κ1) is 12.3. The van der Waals surface area contributed by atoms with E-state index in [2.05, 4.69) is 9.97 Å². The Bertz CT molecular complexity index is 616. The zero-order valence-corrected chi connectivity index (χ0v) is 9.65. The highest BCUT2D eigenvalue weighted by Gasteiger charge is 2.17. The van der Waals surface area contributed by atoms with E-state index in [1.54, 1.807) is 0 Å². The summed E-state index contributed by atoms with van der Waals surface area (Å²) in [7, 11) is 0. The molecular weight excluding hydrogens is 261 g/mol. The summed E-state index contributed by atoms with van der Waals surface area (Å²) in [6.07, 6.45) is 0. The molecule has 1 aromatic carbocycles. The highest BCUT2D eigenvalue weighted by atomic mass is 35.5. The van der Waals surface area contributed by atoms with Crippen LogP contribution in [0.3, 0.4) is 0 Å². The molecule has 0 spiro atoms. The molecule has 1 aromatic heterocycles. The van der Waals surface area contributed by atoms with Crippen molar-refractivity contribution in [3.63, 3.8) is 0 Å². The number of rotatable bonds is 2. The number of anilines is 1. The van der Waals surface area contributed by atoms with Crippen molar-refractivity contribution in [3.05, 3.63) is 40.8 Å². The van der Waals surface area contributed by atoms with E-state index in [0.717, 1.165) is 0 Å². The van der Waals surface area contributed by atoms with Gasteiger partial charge in [-0.25, -0.2) is 19.2 Å². The van der Waals surface area contributed by atoms with Gasteiger partial charge in [0.25, 0.3) is 0 Å². The fourth-order valence-corrected chi connectivity index (χ4v) is 1.50. The second kappa shape index (κ2) is 4.58. The third kappa shape index (κ3) is 2.23. The maximum absolute atomic E-state index is 12.8. The van der Waals surface area contributed by atoms with Gasteiger partial charge in [0.1, 0.15) is 16.7 Å². The molecule has 7 heteroatoms. The van der Waals surface area contributed by atoms with E-state index in [1.165, 1.54) is 24.3 Å². The lowest BCUT2D eigenvalue weighted by Gasteiger charge is -2.05. The van der Waals surface area contributed by atoms with E-state index >= 15 is 0 Å². The molecule has 0 aliphatic rings. The van der Waals surface area contributed by atoms with Crippen LogP contribution in [0.4, 0.5) is 10.2 Å². The molecule has 0 aliphatic carbocycles. The molecule has 5 nitrogen and oxygen atoms in total. The maximum atomic E-state index is 12.8. The van der Waals surface area contributed by atoms with Crippen LogP contribution in [0.15, 0.2) is 24.3 Å². The van der Waals surface area contributed by atoms with Gasteiger partial charge in [0.05, 0.1) is 0 Å². The van der Waals surface area contributed by atoms with Gasteiger partial charge in [-0.3, -0.25) is 0 Å². The molecule has 0 saturated carbocycles. The summed E-state index contributed by atoms with van der Waals surface area (Å²) in [5.74, 6) is -1.78. The summed E-state index contributed by atoms with van der Waals surface area (Å²) in [4.78, 5) is 18.6. The number of halogens is 2. The number of hydrogen-bond donors (Lipinski definition) is 2. The fraction of sp³-hybridized carbons (Fsp3) is 0. The molecule has 0 radical (unpaired) electrons. The number of nitrogens with zero attached hydrogens (tertiary/aromatic N) is 2. The molecule has 1 heterocycles. The average Bonchev–Trinajstić information content (AvgIpc) is 2.33. The molecule has 0 atom stereocenters. The van der Waals surface area contributed by atoms with Gasteiger partial charge in [0, 0.05) is 5.56 Å². The lowest BCUT2D eigenvalue weighted by molar-refractivity contribution is 0.0690. The average molecular weight is 268 g/mol. The largest absolute Gasteiger partial charge is 0.476 e. The summed E-state index contributed by atoms with van der Waals surface area (Å²) in [6, 6.07) is 5.27. The maximum Gasteiger partial charge on any atom is 0.356 e. The zero-order chi connectivity index (χ0) is 13.3. The number of nitrogens with two attached hydrogens (primary N) is 1. The van der Waals surface area contributed by atoms with Gasteiger partial charge < -0.3 is 10.8 Å². The predicted molar refractivity (Wildman–Crippen MR) is 63.8 cm³/mol. The lowest BCUT2D eigenvalue weighted by atomic mass is 10.2. The number of carboxylic acids is 1. The quantitative estimate of drug-likeness (QED) is 0.871. The van der Waals surface area contributed by atoms with Crippen LogP contribution in [0.25, 0.3) is 11.4 Å². The van der Waals surface area contributed by atoms with Crippen molar-refractivity contribution in [2.24, 2.45) is 0 Å². The van der Waals surface area contributed by atoms with E-state index in [-0.39, 0.29) is 22.4 Å². The molecule has 0 saturated heterocycles. The molecule has 0 amide bonds. The topological polar surface area (TPSA) is 89.1 Å². The minimum absolute atomic E-state index is 0.0781. The van der Waals surface area contributed by atoms with Gasteiger partial charge in [-0.2, -0.15) is 0 Å². The summed E-state index contributed by atoms with van der Waals surface area (Å²) < 4.78 is 12.8. The Balaban J connectivity index is 2.59. The van der Waals surface area contributed by atoms with Crippen LogP contribution in [0.1, 0.15) is 10.5 Å². The highest BCUT2D eigenvalue weighted by Crippen LogP contribution is 2.24. The SMILES string of the molecule is Nc1nc(-c2ccc(F)cc2)nc(C(=O)O)c1Cl. The molecule has 2 rings (SSSR count). The van der Waals surface area contributed by atoms with Crippen LogP contribution >= 0.6 is 11.6 Å². The summed E-state index contributed by atoms with van der Waals surface area (Å²) in [6.45, 7) is 0. The Kier molecular flexibility index (Phi) is 3.12. The molecule has 0 bridgehead atoms. The van der Waals surface area contributed by atoms with Crippen LogP contribution in [0, 0.1) is 5.82 Å². The second-order valence-corrected chi connectivity index (χ2v) is 3.79. The van der Waals surface area contributed by atoms with Crippen molar-refractivity contribution in [2.75, 3.05) is 5.73 Å². The fourth-order valence-electron chi connectivity index (χ4n) is 1.33. The molecule has 0 aliphatic heterocycles. The van der Waals surface area contributed by atoms with Gasteiger partial charge in [0.15, 0.2) is 11.5 Å². The van der Waals surface area contributed by atoms with Crippen LogP contribution in [-0.4, -0.2) is 21.0 Å². The molecule has 0 fully saturated rings. The highest BCUT2D eigenvalue weighted by molar-refractivity contribution is 6.35. The van der Waals surface area contributed by atoms with E-state index in [0.29, 0.717) is 5.56 Å². The summed E-state index contributed by atoms with van der Waals surface area (Å²) >= 11 is 5.68. The first-order valence-electron chi connectivity index (χ1n) is 4.81. The Morgan fingerprint density at radius 1 is 1.28 bits per heavy atom. The van der Waals surface area contributed by atoms with Crippen LogP contribution in [0.2, 0.25) is 5.02 Å². The number of aromatic carboxylic acids is 1. The van der Waals surface area contributed by atoms with Crippen molar-refractivity contribution in [1.29, 1.82) is 0 Å². The van der Waals surface area contributed by atoms with Gasteiger partial charge >= 0.3 is 5.97 Å². The number of aromatic nitrogens is 2. The molecule has 0 unspecified atom stereocenters. The van der Waals surface area contributed by atoms with Crippen molar-refractivity contribution in [2.45, 2.75) is 0 Å². The molecule has 92 valence electrons. The summed E-state index contributed by atoms with van der Waals surface area (Å²) in [5.41, 5.74) is 5.57. The van der Waals surface area contributed by atoms with E-state index in [9.17, 15) is 9.18 Å². The van der Waals surface area contributed by atoms with Crippen molar-refractivity contribution < 1.29 is 14.3 Å². The Morgan fingerprint density at radius 3 is 2.44 bits per heavy atom. The summed E-state index contributed by atoms with van der Waals surface area (Å²) in [5, 5.41) is 8.70. The van der Waals surface area contributed by atoms with Crippen molar-refractivity contribution in [3.8, 4) is 11.4 Å². The van der Waals surface area contributed by atoms with Crippen LogP contribution < -0.4 is 5.73 Å². The third-order valence-corrected chi connectivity index (χ3v) is 2.55. The molecular formula is C11H7ClFN3O2. The van der Waals surface area contributed by atoms with E-state index in [4.69, 9.17) is 22.4 Å². The van der Waals surface area contributed by atoms with Gasteiger partial charge in [-0.15, -0.1) is 0 Å². The lowest BCUT2D eigenvalue weighted by Crippen LogP contribution is -2.07. The zero-order valence-electron chi connectivity index (χ0n) is 8.89. The number of benzene rings is 1. The van der Waals surface area contributed by atoms with Crippen LogP contribution in [-0.2, 0) is 0 Å². The molecule has 2 aromatic rings. The second-order valence-electron chi connectivity index (χ2n) is 3.41. The van der Waals surface area contributed by atoms with E-state index in [1.807, 2.05) is 0 Å². The Morgan fingerprint density at radius 2 is 1.89 bits per heavy atom. The molecule has 3 N–H and O–H groups in total. The number of carboxylic acid groups (broad SMARTS) is 1. The monoisotopic (exact) mass is 267 g/mol. The Labute approximate surface area is 106 Å². The third-order valence-electron chi connectivity index (χ3n) is 2.18. The van der Waals surface area contributed by atoms with Gasteiger partial charge in [-0.1, -0.05) is 11.6 Å². The normalized spacial score (nSPS) is 10.3. The number of nitrogen functional groups attached to an aromatic ring is 1. The van der Waals surface area contributed by atoms with E-state index < -0.39 is 11.8 Å². The standard InChI is InChI=1S/C11H7ClFN3O2/c12-7-8(11(17)18)15-10(16-9(7)14)5-1-3-6(13)4-2-5/h1-4H,(H,17,18)(H2,14,15,16). The first-order valence-corrected chi connectivity index (χ1v) is 5.19. The van der Waals surface area contributed by atoms with Gasteiger partial charge in [-0.05, 0) is 24.3 Å².